The Kier molecular flexibility index (Phi) is 5.35. The molecule has 1 fully saturated rings. The van der Waals surface area contributed by atoms with Crippen molar-refractivity contribution in [3.05, 3.63) is 33.7 Å². The molecule has 1 aliphatic heterocycles. The summed E-state index contributed by atoms with van der Waals surface area (Å²) in [5, 5.41) is 17.5. The lowest BCUT2D eigenvalue weighted by atomic mass is 10.0. The molecule has 0 spiro atoms. The van der Waals surface area contributed by atoms with Crippen LogP contribution < -0.4 is 10.9 Å². The minimum absolute atomic E-state index is 0.0384. The van der Waals surface area contributed by atoms with Gasteiger partial charge in [0.25, 0.3) is 5.56 Å². The van der Waals surface area contributed by atoms with Gasteiger partial charge in [0.1, 0.15) is 5.01 Å². The van der Waals surface area contributed by atoms with E-state index in [1.807, 2.05) is 6.92 Å². The predicted octanol–water partition coefficient (Wildman–Crippen LogP) is 1.37. The topological polar surface area (TPSA) is 75.9 Å². The maximum absolute atomic E-state index is 11.7. The molecular formula is C15H22N6OS. The maximum atomic E-state index is 11.7. The van der Waals surface area contributed by atoms with E-state index >= 15 is 0 Å². The Morgan fingerprint density at radius 1 is 1.35 bits per heavy atom. The van der Waals surface area contributed by atoms with Crippen molar-refractivity contribution in [2.75, 3.05) is 25.0 Å². The summed E-state index contributed by atoms with van der Waals surface area (Å²) < 4.78 is 1.53. The summed E-state index contributed by atoms with van der Waals surface area (Å²) in [7, 11) is 0. The highest BCUT2D eigenvalue weighted by Crippen LogP contribution is 2.19. The molecule has 2 aromatic heterocycles. The Morgan fingerprint density at radius 2 is 2.26 bits per heavy atom. The van der Waals surface area contributed by atoms with Gasteiger partial charge < -0.3 is 5.32 Å². The fraction of sp³-hybridized carbons (Fsp3) is 0.600. The zero-order valence-electron chi connectivity index (χ0n) is 13.3. The molecule has 23 heavy (non-hydrogen) atoms. The molecule has 1 N–H and O–H groups in total. The van der Waals surface area contributed by atoms with Crippen molar-refractivity contribution in [3.8, 4) is 0 Å². The van der Waals surface area contributed by atoms with Crippen LogP contribution in [0.1, 0.15) is 24.3 Å². The minimum atomic E-state index is -0.0384. The van der Waals surface area contributed by atoms with E-state index in [1.54, 1.807) is 29.7 Å². The van der Waals surface area contributed by atoms with Crippen molar-refractivity contribution in [3.63, 3.8) is 0 Å². The number of hydrogen-bond acceptors (Lipinski definition) is 7. The molecule has 3 rings (SSSR count). The lowest BCUT2D eigenvalue weighted by molar-refractivity contribution is 0.148. The number of rotatable bonds is 6. The summed E-state index contributed by atoms with van der Waals surface area (Å²) in [6, 6.07) is 3.70. The first-order chi connectivity index (χ1) is 11.2. The number of nitrogens with zero attached hydrogens (tertiary/aromatic N) is 5. The number of aromatic nitrogens is 4. The van der Waals surface area contributed by atoms with Gasteiger partial charge in [-0.1, -0.05) is 17.8 Å². The van der Waals surface area contributed by atoms with Crippen LogP contribution in [0.15, 0.2) is 23.1 Å². The first-order valence-electron chi connectivity index (χ1n) is 8.02. The monoisotopic (exact) mass is 334 g/mol. The molecule has 2 aromatic rings. The second-order valence-corrected chi connectivity index (χ2v) is 6.96. The SMILES string of the molecule is Cc1nnc(NCC2CCCCN2CCn2ncccc2=O)s1. The van der Waals surface area contributed by atoms with E-state index in [9.17, 15) is 4.79 Å². The summed E-state index contributed by atoms with van der Waals surface area (Å²) in [5.74, 6) is 0. The Bertz CT molecular complexity index is 684. The van der Waals surface area contributed by atoms with Gasteiger partial charge in [0.05, 0.1) is 6.54 Å². The molecule has 8 heteroatoms. The van der Waals surface area contributed by atoms with Crippen LogP contribution >= 0.6 is 11.3 Å². The summed E-state index contributed by atoms with van der Waals surface area (Å²) in [6.45, 7) is 5.38. The van der Waals surface area contributed by atoms with E-state index in [4.69, 9.17) is 0 Å². The molecule has 0 bridgehead atoms. The quantitative estimate of drug-likeness (QED) is 0.860. The van der Waals surface area contributed by atoms with E-state index in [0.717, 1.165) is 29.8 Å². The average Bonchev–Trinajstić information content (AvgIpc) is 2.98. The molecule has 7 nitrogen and oxygen atoms in total. The van der Waals surface area contributed by atoms with E-state index in [1.165, 1.54) is 23.9 Å². The van der Waals surface area contributed by atoms with Crippen molar-refractivity contribution >= 4 is 16.5 Å². The average molecular weight is 334 g/mol. The smallest absolute Gasteiger partial charge is 0.266 e. The van der Waals surface area contributed by atoms with Crippen LogP contribution in [0.5, 0.6) is 0 Å². The van der Waals surface area contributed by atoms with Crippen molar-refractivity contribution < 1.29 is 0 Å². The number of hydrogen-bond donors (Lipinski definition) is 1. The van der Waals surface area contributed by atoms with E-state index < -0.39 is 0 Å². The van der Waals surface area contributed by atoms with Crippen LogP contribution in [0.3, 0.4) is 0 Å². The fourth-order valence-corrected chi connectivity index (χ4v) is 3.54. The third-order valence-corrected chi connectivity index (χ3v) is 4.94. The Morgan fingerprint density at radius 3 is 3.04 bits per heavy atom. The van der Waals surface area contributed by atoms with Crippen LogP contribution in [0.25, 0.3) is 0 Å². The van der Waals surface area contributed by atoms with E-state index in [2.05, 4.69) is 25.5 Å². The van der Waals surface area contributed by atoms with Crippen molar-refractivity contribution in [1.82, 2.24) is 24.9 Å². The molecule has 0 radical (unpaired) electrons. The third kappa shape index (κ3) is 4.35. The Labute approximate surface area is 139 Å². The van der Waals surface area contributed by atoms with Gasteiger partial charge in [-0.05, 0) is 32.4 Å². The van der Waals surface area contributed by atoms with Crippen molar-refractivity contribution in [1.29, 1.82) is 0 Å². The molecule has 0 saturated carbocycles. The van der Waals surface area contributed by atoms with Gasteiger partial charge >= 0.3 is 0 Å². The molecule has 3 heterocycles. The molecular weight excluding hydrogens is 312 g/mol. The largest absolute Gasteiger partial charge is 0.359 e. The molecule has 0 aliphatic carbocycles. The molecule has 0 aromatic carbocycles. The van der Waals surface area contributed by atoms with Crippen LogP contribution in [-0.4, -0.2) is 50.6 Å². The van der Waals surface area contributed by atoms with Gasteiger partial charge in [-0.15, -0.1) is 10.2 Å². The highest BCUT2D eigenvalue weighted by atomic mass is 32.1. The van der Waals surface area contributed by atoms with Crippen molar-refractivity contribution in [2.24, 2.45) is 0 Å². The van der Waals surface area contributed by atoms with Crippen LogP contribution in [0.4, 0.5) is 5.13 Å². The van der Waals surface area contributed by atoms with E-state index in [0.29, 0.717) is 12.6 Å². The van der Waals surface area contributed by atoms with E-state index in [-0.39, 0.29) is 5.56 Å². The van der Waals surface area contributed by atoms with Crippen molar-refractivity contribution in [2.45, 2.75) is 38.8 Å². The third-order valence-electron chi connectivity index (χ3n) is 4.15. The van der Waals surface area contributed by atoms with Gasteiger partial charge in [-0.25, -0.2) is 4.68 Å². The van der Waals surface area contributed by atoms with Crippen LogP contribution in [0.2, 0.25) is 0 Å². The summed E-state index contributed by atoms with van der Waals surface area (Å²) in [5.41, 5.74) is -0.0384. The van der Waals surface area contributed by atoms with Gasteiger partial charge in [0.15, 0.2) is 0 Å². The summed E-state index contributed by atoms with van der Waals surface area (Å²) in [4.78, 5) is 14.2. The van der Waals surface area contributed by atoms with Gasteiger partial charge in [-0.2, -0.15) is 5.10 Å². The van der Waals surface area contributed by atoms with Gasteiger partial charge in [-0.3, -0.25) is 9.69 Å². The van der Waals surface area contributed by atoms with Crippen LogP contribution in [-0.2, 0) is 6.54 Å². The molecule has 0 amide bonds. The number of nitrogens with one attached hydrogen (secondary N) is 1. The lowest BCUT2D eigenvalue weighted by Gasteiger charge is -2.35. The Hall–Kier alpha value is -1.80. The lowest BCUT2D eigenvalue weighted by Crippen LogP contribution is -2.45. The van der Waals surface area contributed by atoms with Gasteiger partial charge in [0.2, 0.25) is 5.13 Å². The molecule has 1 unspecified atom stereocenters. The molecule has 1 saturated heterocycles. The second-order valence-electron chi connectivity index (χ2n) is 5.78. The zero-order valence-corrected chi connectivity index (χ0v) is 14.1. The second kappa shape index (κ2) is 7.65. The molecule has 124 valence electrons. The minimum Gasteiger partial charge on any atom is -0.359 e. The highest BCUT2D eigenvalue weighted by molar-refractivity contribution is 7.15. The highest BCUT2D eigenvalue weighted by Gasteiger charge is 2.22. The normalized spacial score (nSPS) is 18.9. The van der Waals surface area contributed by atoms with Crippen LogP contribution in [0, 0.1) is 6.92 Å². The standard InChI is InChI=1S/C15H22N6OS/c1-12-18-19-15(23-12)16-11-13-5-2-3-8-20(13)9-10-21-14(22)6-4-7-17-21/h4,6-7,13H,2-3,5,8-11H2,1H3,(H,16,19). The maximum Gasteiger partial charge on any atom is 0.266 e. The zero-order chi connectivity index (χ0) is 16.1. The summed E-state index contributed by atoms with van der Waals surface area (Å²) >= 11 is 1.58. The first-order valence-corrected chi connectivity index (χ1v) is 8.84. The number of piperidine rings is 1. The summed E-state index contributed by atoms with van der Waals surface area (Å²) in [6.07, 6.45) is 5.30. The Balaban J connectivity index is 1.55. The molecule has 1 atom stereocenters. The molecule has 1 aliphatic rings. The number of likely N-dealkylation sites (tertiary alicyclic amines) is 1. The number of aryl methyl sites for hydroxylation is 1. The number of anilines is 1. The van der Waals surface area contributed by atoms with Gasteiger partial charge in [0, 0.05) is 31.4 Å². The first kappa shape index (κ1) is 16.1. The predicted molar refractivity (Wildman–Crippen MR) is 90.8 cm³/mol. The fourth-order valence-electron chi connectivity index (χ4n) is 2.94.